The maximum Gasteiger partial charge on any atom is 0.261 e. The van der Waals surface area contributed by atoms with Crippen LogP contribution >= 0.6 is 0 Å². The van der Waals surface area contributed by atoms with Gasteiger partial charge in [0, 0.05) is 17.2 Å². The van der Waals surface area contributed by atoms with E-state index in [4.69, 9.17) is 0 Å². The zero-order valence-electron chi connectivity index (χ0n) is 12.1. The second kappa shape index (κ2) is 5.14. The molecule has 0 radical (unpaired) electrons. The zero-order chi connectivity index (χ0) is 17.0. The van der Waals surface area contributed by atoms with Gasteiger partial charge in [-0.25, -0.2) is 4.21 Å². The summed E-state index contributed by atoms with van der Waals surface area (Å²) >= 11 is -2.36. The highest BCUT2D eigenvalue weighted by molar-refractivity contribution is 7.79. The van der Waals surface area contributed by atoms with E-state index in [1.165, 1.54) is 4.90 Å². The summed E-state index contributed by atoms with van der Waals surface area (Å²) in [7, 11) is 0. The summed E-state index contributed by atoms with van der Waals surface area (Å²) in [5, 5.41) is 10.4. The minimum atomic E-state index is -2.36. The van der Waals surface area contributed by atoms with E-state index in [9.17, 15) is 23.1 Å². The van der Waals surface area contributed by atoms with Gasteiger partial charge in [0.2, 0.25) is 22.9 Å². The molecule has 3 amide bonds. The van der Waals surface area contributed by atoms with Gasteiger partial charge >= 0.3 is 0 Å². The van der Waals surface area contributed by atoms with Crippen molar-refractivity contribution in [3.8, 4) is 0 Å². The van der Waals surface area contributed by atoms with Crippen LogP contribution in [0.25, 0.3) is 10.8 Å². The molecule has 4 rings (SSSR count). The van der Waals surface area contributed by atoms with Crippen molar-refractivity contribution in [3.05, 3.63) is 23.8 Å². The van der Waals surface area contributed by atoms with E-state index in [0.29, 0.717) is 10.8 Å². The highest BCUT2D eigenvalue weighted by Crippen LogP contribution is 2.38. The number of hydrogen-bond donors (Lipinski definition) is 2. The molecule has 2 atom stereocenters. The van der Waals surface area contributed by atoms with Gasteiger partial charge in [-0.1, -0.05) is 12.1 Å². The zero-order valence-corrected chi connectivity index (χ0v) is 12.9. The average molecular weight is 346 g/mol. The van der Waals surface area contributed by atoms with Crippen LogP contribution in [0.15, 0.2) is 23.2 Å². The van der Waals surface area contributed by atoms with Gasteiger partial charge in [0.05, 0.1) is 5.56 Å². The number of rotatable bonds is 2. The van der Waals surface area contributed by atoms with E-state index < -0.39 is 28.9 Å². The van der Waals surface area contributed by atoms with Gasteiger partial charge in [-0.2, -0.15) is 0 Å². The summed E-state index contributed by atoms with van der Waals surface area (Å²) in [6.45, 7) is 0. The highest BCUT2D eigenvalue weighted by Gasteiger charge is 2.42. The molecular formula is C14H10N4O5S. The molecule has 2 aromatic rings. The standard InChI is InChI=1S/C14H10N4O5S/c19-9-5-4-8(12(20)15-9)18-11-10-6(13(17-16-11)24(22)23)2-1-3-7(10)14(18)21/h1-3,8H,4-5H2,(H,22,23)(H,15,19,20). The van der Waals surface area contributed by atoms with E-state index in [2.05, 4.69) is 15.5 Å². The maximum absolute atomic E-state index is 12.7. The molecule has 9 nitrogen and oxygen atoms in total. The second-order valence-electron chi connectivity index (χ2n) is 5.45. The Morgan fingerprint density at radius 3 is 2.75 bits per heavy atom. The van der Waals surface area contributed by atoms with E-state index in [1.807, 2.05) is 0 Å². The van der Waals surface area contributed by atoms with Crippen molar-refractivity contribution in [1.82, 2.24) is 15.5 Å². The van der Waals surface area contributed by atoms with Gasteiger partial charge in [-0.05, 0) is 12.5 Å². The fraction of sp³-hybridized carbons (Fsp3) is 0.214. The van der Waals surface area contributed by atoms with Gasteiger partial charge in [-0.15, -0.1) is 10.2 Å². The average Bonchev–Trinajstić information content (AvgIpc) is 2.82. The molecule has 0 spiro atoms. The molecule has 3 heterocycles. The first kappa shape index (κ1) is 14.8. The molecule has 0 saturated carbocycles. The third-order valence-electron chi connectivity index (χ3n) is 4.12. The van der Waals surface area contributed by atoms with Crippen molar-refractivity contribution in [2.24, 2.45) is 0 Å². The molecule has 2 unspecified atom stereocenters. The number of benzene rings is 1. The van der Waals surface area contributed by atoms with Crippen LogP contribution in [0.4, 0.5) is 5.82 Å². The first-order valence-corrected chi connectivity index (χ1v) is 8.17. The lowest BCUT2D eigenvalue weighted by atomic mass is 10.0. The Bertz CT molecular complexity index is 960. The Hall–Kier alpha value is -2.72. The Morgan fingerprint density at radius 2 is 2.04 bits per heavy atom. The quantitative estimate of drug-likeness (QED) is 0.577. The monoisotopic (exact) mass is 346 g/mol. The predicted octanol–water partition coefficient (Wildman–Crippen LogP) is -0.0242. The maximum atomic E-state index is 12.7. The lowest BCUT2D eigenvalue weighted by molar-refractivity contribution is -0.134. The fourth-order valence-corrected chi connectivity index (χ4v) is 3.56. The largest absolute Gasteiger partial charge is 0.301 e. The molecule has 1 aromatic heterocycles. The van der Waals surface area contributed by atoms with Gasteiger partial charge in [-0.3, -0.25) is 24.6 Å². The van der Waals surface area contributed by atoms with Crippen LogP contribution in [0.1, 0.15) is 23.2 Å². The molecule has 0 aliphatic carbocycles. The van der Waals surface area contributed by atoms with Crippen LogP contribution < -0.4 is 10.2 Å². The van der Waals surface area contributed by atoms with Crippen LogP contribution in [-0.2, 0) is 20.7 Å². The summed E-state index contributed by atoms with van der Waals surface area (Å²) in [6.07, 6.45) is 0.299. The number of hydrogen-bond acceptors (Lipinski definition) is 6. The lowest BCUT2D eigenvalue weighted by Gasteiger charge is -2.29. The molecule has 1 fully saturated rings. The number of amides is 3. The number of nitrogens with zero attached hydrogens (tertiary/aromatic N) is 3. The van der Waals surface area contributed by atoms with Crippen molar-refractivity contribution in [3.63, 3.8) is 0 Å². The van der Waals surface area contributed by atoms with Crippen molar-refractivity contribution < 1.29 is 23.1 Å². The topological polar surface area (TPSA) is 130 Å². The van der Waals surface area contributed by atoms with E-state index in [-0.39, 0.29) is 35.2 Å². The van der Waals surface area contributed by atoms with Crippen molar-refractivity contribution in [2.45, 2.75) is 23.9 Å². The van der Waals surface area contributed by atoms with Gasteiger partial charge in [0.1, 0.15) is 6.04 Å². The van der Waals surface area contributed by atoms with E-state index in [1.54, 1.807) is 18.2 Å². The van der Waals surface area contributed by atoms with Gasteiger partial charge in [0.25, 0.3) is 5.91 Å². The minimum absolute atomic E-state index is 0.117. The number of carbonyl (C=O) groups excluding carboxylic acids is 3. The van der Waals surface area contributed by atoms with Gasteiger partial charge < -0.3 is 4.55 Å². The normalized spacial score (nSPS) is 21.3. The van der Waals surface area contributed by atoms with E-state index >= 15 is 0 Å². The van der Waals surface area contributed by atoms with E-state index in [0.717, 1.165) is 0 Å². The smallest absolute Gasteiger partial charge is 0.261 e. The number of anilines is 1. The summed E-state index contributed by atoms with van der Waals surface area (Å²) in [5.41, 5.74) is 0.286. The van der Waals surface area contributed by atoms with Gasteiger partial charge in [0.15, 0.2) is 10.8 Å². The molecular weight excluding hydrogens is 336 g/mol. The number of piperidine rings is 1. The van der Waals surface area contributed by atoms with Crippen molar-refractivity contribution in [2.75, 3.05) is 4.90 Å². The first-order chi connectivity index (χ1) is 11.5. The Labute approximate surface area is 137 Å². The SMILES string of the molecule is O=C1CCC(N2C(=O)c3cccc4c(S(=O)O)nnc2c34)C(=O)N1. The molecule has 2 aliphatic heterocycles. The molecule has 2 aliphatic rings. The fourth-order valence-electron chi connectivity index (χ4n) is 3.09. The van der Waals surface area contributed by atoms with Crippen LogP contribution in [-0.4, -0.2) is 42.7 Å². The molecule has 10 heteroatoms. The number of nitrogens with one attached hydrogen (secondary N) is 1. The first-order valence-electron chi connectivity index (χ1n) is 7.06. The summed E-state index contributed by atoms with van der Waals surface area (Å²) in [6, 6.07) is 3.84. The highest BCUT2D eigenvalue weighted by atomic mass is 32.2. The lowest BCUT2D eigenvalue weighted by Crippen LogP contribution is -2.53. The number of imide groups is 1. The summed E-state index contributed by atoms with van der Waals surface area (Å²) in [4.78, 5) is 37.4. The Kier molecular flexibility index (Phi) is 3.18. The molecule has 2 N–H and O–H groups in total. The van der Waals surface area contributed by atoms with Crippen molar-refractivity contribution >= 4 is 45.4 Å². The number of carbonyl (C=O) groups is 3. The minimum Gasteiger partial charge on any atom is -0.301 e. The molecule has 24 heavy (non-hydrogen) atoms. The third-order valence-corrected chi connectivity index (χ3v) is 4.75. The Morgan fingerprint density at radius 1 is 1.25 bits per heavy atom. The van der Waals surface area contributed by atoms with Crippen LogP contribution in [0.2, 0.25) is 0 Å². The van der Waals surface area contributed by atoms with Crippen molar-refractivity contribution in [1.29, 1.82) is 0 Å². The third kappa shape index (κ3) is 1.96. The van der Waals surface area contributed by atoms with Crippen LogP contribution in [0.3, 0.4) is 0 Å². The molecule has 1 aromatic carbocycles. The molecule has 1 saturated heterocycles. The predicted molar refractivity (Wildman–Crippen MR) is 81.6 cm³/mol. The van der Waals surface area contributed by atoms with Crippen LogP contribution in [0.5, 0.6) is 0 Å². The summed E-state index contributed by atoms with van der Waals surface area (Å²) < 4.78 is 20.8. The molecule has 122 valence electrons. The Balaban J connectivity index is 1.90. The summed E-state index contributed by atoms with van der Waals surface area (Å²) in [5.74, 6) is -1.24. The van der Waals surface area contributed by atoms with Crippen LogP contribution in [0, 0.1) is 0 Å². The number of aromatic nitrogens is 2. The second-order valence-corrected chi connectivity index (χ2v) is 6.33. The molecule has 0 bridgehead atoms.